The number of unbranched alkanes of at least 4 members (excludes halogenated alkanes) is 2. The van der Waals surface area contributed by atoms with E-state index in [9.17, 15) is 34.8 Å². The van der Waals surface area contributed by atoms with Crippen LogP contribution >= 0.6 is 11.6 Å². The molecule has 2 atom stereocenters. The number of nitrogens with zero attached hydrogens (tertiary/aromatic N) is 1. The van der Waals surface area contributed by atoms with Crippen LogP contribution in [0.15, 0.2) is 48.8 Å². The largest absolute Gasteiger partial charge is 0.370 e. The molecule has 0 saturated carbocycles. The molecule has 0 radical (unpaired) electrons. The quantitative estimate of drug-likeness (QED) is 0.164. The van der Waals surface area contributed by atoms with Gasteiger partial charge in [0.2, 0.25) is 0 Å². The number of carbonyl (C=O) groups is 2. The summed E-state index contributed by atoms with van der Waals surface area (Å²) >= 11 is 5.52. The molecule has 0 bridgehead atoms. The molecule has 252 valence electrons. The van der Waals surface area contributed by atoms with Crippen molar-refractivity contribution in [2.24, 2.45) is 16.5 Å². The monoisotopic (exact) mass is 723 g/mol. The van der Waals surface area contributed by atoms with Crippen molar-refractivity contribution in [2.45, 2.75) is 85.8 Å². The summed E-state index contributed by atoms with van der Waals surface area (Å²) in [4.78, 5) is 27.4. The highest BCUT2D eigenvalue weighted by Crippen LogP contribution is 2.28. The van der Waals surface area contributed by atoms with Crippen LogP contribution in [-0.4, -0.2) is 66.4 Å². The van der Waals surface area contributed by atoms with Gasteiger partial charge in [0.25, 0.3) is 11.1 Å². The van der Waals surface area contributed by atoms with Crippen molar-refractivity contribution in [3.63, 3.8) is 0 Å². The third kappa shape index (κ3) is 12.0. The molecule has 0 fully saturated rings. The lowest BCUT2D eigenvalue weighted by atomic mass is 10.0. The first-order valence-electron chi connectivity index (χ1n) is 14.2. The number of sulfone groups is 2. The molecule has 0 aliphatic rings. The van der Waals surface area contributed by atoms with Gasteiger partial charge in [0, 0.05) is 35.1 Å². The Labute approximate surface area is 276 Å². The van der Waals surface area contributed by atoms with Gasteiger partial charge in [-0.1, -0.05) is 40.5 Å². The Morgan fingerprint density at radius 3 is 1.42 bits per heavy atom. The number of hydrogen-bond acceptors (Lipinski definition) is 8. The minimum absolute atomic E-state index is 0.0712. The number of carbonyl (C=O) groups excluding carboxylic acids is 2. The van der Waals surface area contributed by atoms with E-state index in [1.54, 1.807) is 6.92 Å². The summed E-state index contributed by atoms with van der Waals surface area (Å²) < 4.78 is 72.9. The van der Waals surface area contributed by atoms with Crippen molar-refractivity contribution in [3.8, 4) is 0 Å². The number of rotatable bonds is 14. The van der Waals surface area contributed by atoms with Gasteiger partial charge < -0.3 is 11.5 Å². The van der Waals surface area contributed by atoms with Crippen LogP contribution in [0.1, 0.15) is 85.2 Å². The summed E-state index contributed by atoms with van der Waals surface area (Å²) in [6.07, 6.45) is 6.19. The molecular formula is C29H42ClN3O8S4. The van der Waals surface area contributed by atoms with Gasteiger partial charge in [-0.3, -0.25) is 18.0 Å². The molecular weight excluding hydrogens is 682 g/mol. The second-order valence-corrected chi connectivity index (χ2v) is 17.5. The zero-order chi connectivity index (χ0) is 34.7. The zero-order valence-corrected chi connectivity index (χ0v) is 30.4. The van der Waals surface area contributed by atoms with Crippen molar-refractivity contribution in [3.05, 3.63) is 46.5 Å². The fourth-order valence-corrected chi connectivity index (χ4v) is 9.86. The Kier molecular flexibility index (Phi) is 16.2. The number of guanidine groups is 1. The maximum atomic E-state index is 12.5. The molecule has 1 amide bonds. The third-order valence-corrected chi connectivity index (χ3v) is 12.1. The van der Waals surface area contributed by atoms with E-state index in [-0.39, 0.29) is 30.7 Å². The van der Waals surface area contributed by atoms with Crippen LogP contribution in [0, 0.1) is 0 Å². The first kappa shape index (κ1) is 40.6. The standard InChI is InChI=1S/C15H23N3O4S2.C14H19ClO4S2/c1-4-6-7-23(20)12-8-10(5-2)11(14(19)18-15(16)17)9-13(12)24(3,21)22;1-4-6-7-20(17)12-8-10(5-2)11(14(15)16)9-13(12)21(3,18)19/h8-9H,4-7H2,1-3H3,(H4,16,17,18,19);8-9H,4-7H2,1-3H3. The van der Waals surface area contributed by atoms with Crippen molar-refractivity contribution >= 4 is 70.0 Å². The van der Waals surface area contributed by atoms with Crippen LogP contribution < -0.4 is 11.5 Å². The average Bonchev–Trinajstić information content (AvgIpc) is 2.95. The normalized spacial score (nSPS) is 12.9. The van der Waals surface area contributed by atoms with Crippen LogP contribution in [-0.2, 0) is 54.1 Å². The molecule has 2 unspecified atom stereocenters. The van der Waals surface area contributed by atoms with E-state index in [0.717, 1.165) is 31.8 Å². The van der Waals surface area contributed by atoms with Crippen molar-refractivity contribution in [1.82, 2.24) is 0 Å². The topological polar surface area (TPSA) is 201 Å². The lowest BCUT2D eigenvalue weighted by molar-refractivity contribution is 0.100. The molecule has 0 heterocycles. The van der Waals surface area contributed by atoms with Crippen molar-refractivity contribution in [2.75, 3.05) is 24.0 Å². The number of benzene rings is 2. The summed E-state index contributed by atoms with van der Waals surface area (Å²) in [6.45, 7) is 7.57. The van der Waals surface area contributed by atoms with Crippen molar-refractivity contribution < 1.29 is 34.8 Å². The van der Waals surface area contributed by atoms with Crippen LogP contribution in [0.5, 0.6) is 0 Å². The summed E-state index contributed by atoms with van der Waals surface area (Å²) in [6, 6.07) is 5.53. The zero-order valence-electron chi connectivity index (χ0n) is 26.3. The molecule has 2 aromatic rings. The van der Waals surface area contributed by atoms with Crippen LogP contribution in [0.4, 0.5) is 0 Å². The van der Waals surface area contributed by atoms with Gasteiger partial charge >= 0.3 is 0 Å². The van der Waals surface area contributed by atoms with Gasteiger partial charge in [-0.2, -0.15) is 4.99 Å². The third-order valence-electron chi connectivity index (χ3n) is 6.43. The lowest BCUT2D eigenvalue weighted by Gasteiger charge is -2.13. The van der Waals surface area contributed by atoms with Crippen LogP contribution in [0.2, 0.25) is 0 Å². The van der Waals surface area contributed by atoms with Crippen LogP contribution in [0.3, 0.4) is 0 Å². The van der Waals surface area contributed by atoms with E-state index in [1.807, 2.05) is 20.8 Å². The molecule has 0 aromatic heterocycles. The Bertz CT molecular complexity index is 1700. The fourth-order valence-electron chi connectivity index (χ4n) is 4.05. The Morgan fingerprint density at radius 2 is 1.11 bits per heavy atom. The number of hydrogen-bond donors (Lipinski definition) is 2. The van der Waals surface area contributed by atoms with E-state index >= 15 is 0 Å². The summed E-state index contributed by atoms with van der Waals surface area (Å²) in [7, 11) is -10.1. The van der Waals surface area contributed by atoms with E-state index in [4.69, 9.17) is 23.1 Å². The molecule has 45 heavy (non-hydrogen) atoms. The number of aryl methyl sites for hydroxylation is 2. The first-order valence-corrected chi connectivity index (χ1v) is 21.0. The van der Waals surface area contributed by atoms with E-state index in [2.05, 4.69) is 4.99 Å². The predicted molar refractivity (Wildman–Crippen MR) is 181 cm³/mol. The van der Waals surface area contributed by atoms with E-state index in [1.165, 1.54) is 24.3 Å². The first-order chi connectivity index (χ1) is 20.8. The Hall–Kier alpha value is -2.46. The second-order valence-electron chi connectivity index (χ2n) is 10.1. The van der Waals surface area contributed by atoms with E-state index < -0.39 is 58.4 Å². The van der Waals surface area contributed by atoms with Crippen LogP contribution in [0.25, 0.3) is 0 Å². The maximum absolute atomic E-state index is 12.5. The van der Waals surface area contributed by atoms with Gasteiger partial charge in [0.1, 0.15) is 0 Å². The smallest absolute Gasteiger partial charge is 0.280 e. The number of halogens is 1. The highest BCUT2D eigenvalue weighted by molar-refractivity contribution is 7.92. The molecule has 2 aromatic carbocycles. The molecule has 0 spiro atoms. The predicted octanol–water partition coefficient (Wildman–Crippen LogP) is 3.91. The van der Waals surface area contributed by atoms with Gasteiger partial charge in [0.05, 0.1) is 41.2 Å². The minimum atomic E-state index is -3.67. The molecule has 4 N–H and O–H groups in total. The highest BCUT2D eigenvalue weighted by atomic mass is 35.5. The van der Waals surface area contributed by atoms with Gasteiger partial charge in [0.15, 0.2) is 25.6 Å². The maximum Gasteiger partial charge on any atom is 0.280 e. The lowest BCUT2D eigenvalue weighted by Crippen LogP contribution is -2.24. The average molecular weight is 724 g/mol. The molecule has 2 rings (SSSR count). The Morgan fingerprint density at radius 1 is 0.733 bits per heavy atom. The van der Waals surface area contributed by atoms with Gasteiger partial charge in [-0.25, -0.2) is 16.8 Å². The fraction of sp³-hybridized carbons (Fsp3) is 0.483. The minimum Gasteiger partial charge on any atom is -0.370 e. The molecule has 0 aliphatic carbocycles. The summed E-state index contributed by atoms with van der Waals surface area (Å²) in [5.74, 6) is -0.360. The molecule has 11 nitrogen and oxygen atoms in total. The molecule has 0 saturated heterocycles. The highest BCUT2D eigenvalue weighted by Gasteiger charge is 2.24. The van der Waals surface area contributed by atoms with Crippen molar-refractivity contribution in [1.29, 1.82) is 0 Å². The number of amides is 1. The van der Waals surface area contributed by atoms with Gasteiger partial charge in [-0.15, -0.1) is 0 Å². The SMILES string of the molecule is CCCCS(=O)c1cc(CC)c(C(=O)Cl)cc1S(C)(=O)=O.CCCCS(=O)c1cc(CC)c(C(=O)N=C(N)N)cc1S(C)(=O)=O. The summed E-state index contributed by atoms with van der Waals surface area (Å²) in [5, 5.41) is -0.706. The second kappa shape index (κ2) is 18.0. The molecule has 0 aliphatic heterocycles. The Balaban J connectivity index is 0.000000454. The number of aliphatic imine (C=N–C) groups is 1. The summed E-state index contributed by atoms with van der Waals surface area (Å²) in [5.41, 5.74) is 11.9. The van der Waals surface area contributed by atoms with Gasteiger partial charge in [-0.05, 0) is 72.7 Å². The van der Waals surface area contributed by atoms with E-state index in [0.29, 0.717) is 41.9 Å². The molecule has 16 heteroatoms. The number of nitrogens with two attached hydrogens (primary N) is 2.